The third-order valence-electron chi connectivity index (χ3n) is 3.22. The Morgan fingerprint density at radius 1 is 1.45 bits per heavy atom. The Kier molecular flexibility index (Phi) is 4.57. The van der Waals surface area contributed by atoms with E-state index in [0.717, 1.165) is 16.7 Å². The first-order valence-corrected chi connectivity index (χ1v) is 7.90. The summed E-state index contributed by atoms with van der Waals surface area (Å²) in [7, 11) is 1.25. The van der Waals surface area contributed by atoms with E-state index < -0.39 is 17.7 Å². The van der Waals surface area contributed by atoms with Crippen molar-refractivity contribution in [3.63, 3.8) is 0 Å². The summed E-state index contributed by atoms with van der Waals surface area (Å²) in [5.74, 6) is -0.941. The van der Waals surface area contributed by atoms with Gasteiger partial charge in [-0.1, -0.05) is 35.0 Å². The summed E-state index contributed by atoms with van der Waals surface area (Å²) in [5, 5.41) is 23.2. The molecule has 118 valence electrons. The molecule has 0 spiro atoms. The molecule has 0 radical (unpaired) electrons. The normalized spacial score (nSPS) is 20.2. The summed E-state index contributed by atoms with van der Waals surface area (Å²) in [5.41, 5.74) is -2.07. The summed E-state index contributed by atoms with van der Waals surface area (Å²) >= 11 is 12.8. The van der Waals surface area contributed by atoms with E-state index in [4.69, 9.17) is 28.6 Å². The van der Waals surface area contributed by atoms with Crippen LogP contribution in [-0.2, 0) is 10.5 Å². The topological polar surface area (TPSA) is 106 Å². The number of carbonyl (C=O) groups excluding carboxylic acids is 2. The number of hydrogen-bond donors (Lipinski definition) is 4. The SMILES string of the molecule is CSC(=N)NC(=O)C1(O)c2cc(Cl)c(Cl)cc2NC(=O)N1C. The average Bonchev–Trinajstić information content (AvgIpc) is 2.47. The largest absolute Gasteiger partial charge is 0.359 e. The van der Waals surface area contributed by atoms with Crippen molar-refractivity contribution in [2.45, 2.75) is 5.72 Å². The number of thioether (sulfide) groups is 1. The average molecular weight is 363 g/mol. The second kappa shape index (κ2) is 5.96. The lowest BCUT2D eigenvalue weighted by atomic mass is 9.96. The number of anilines is 1. The number of nitrogens with zero attached hydrogens (tertiary/aromatic N) is 1. The van der Waals surface area contributed by atoms with Crippen LogP contribution in [0.25, 0.3) is 0 Å². The lowest BCUT2D eigenvalue weighted by Gasteiger charge is -2.40. The van der Waals surface area contributed by atoms with Crippen LogP contribution in [0.4, 0.5) is 10.5 Å². The van der Waals surface area contributed by atoms with Gasteiger partial charge in [0.2, 0.25) is 0 Å². The van der Waals surface area contributed by atoms with Gasteiger partial charge >= 0.3 is 6.03 Å². The van der Waals surface area contributed by atoms with Crippen LogP contribution in [0.1, 0.15) is 5.56 Å². The molecule has 1 aromatic rings. The quantitative estimate of drug-likeness (QED) is 0.453. The zero-order valence-corrected chi connectivity index (χ0v) is 13.9. The van der Waals surface area contributed by atoms with Crippen LogP contribution in [-0.4, -0.2) is 40.4 Å². The van der Waals surface area contributed by atoms with E-state index in [1.807, 2.05) is 0 Å². The maximum atomic E-state index is 12.4. The maximum Gasteiger partial charge on any atom is 0.324 e. The van der Waals surface area contributed by atoms with Gasteiger partial charge in [-0.3, -0.25) is 15.1 Å². The van der Waals surface area contributed by atoms with Crippen LogP contribution >= 0.6 is 35.0 Å². The first-order valence-electron chi connectivity index (χ1n) is 5.92. The zero-order chi connectivity index (χ0) is 16.7. The molecule has 0 bridgehead atoms. The second-order valence-corrected chi connectivity index (χ2v) is 6.09. The Morgan fingerprint density at radius 2 is 2.05 bits per heavy atom. The fraction of sp³-hybridized carbons (Fsp3) is 0.250. The number of aliphatic hydroxyl groups is 1. The zero-order valence-electron chi connectivity index (χ0n) is 11.5. The highest BCUT2D eigenvalue weighted by atomic mass is 35.5. The number of hydrogen-bond acceptors (Lipinski definition) is 5. The Hall–Kier alpha value is -1.48. The van der Waals surface area contributed by atoms with Crippen molar-refractivity contribution in [1.82, 2.24) is 10.2 Å². The number of likely N-dealkylation sites (N-methyl/N-ethyl adjacent to an activating group) is 1. The minimum Gasteiger partial charge on any atom is -0.359 e. The third kappa shape index (κ3) is 2.63. The summed E-state index contributed by atoms with van der Waals surface area (Å²) in [6, 6.07) is 1.96. The van der Waals surface area contributed by atoms with Crippen molar-refractivity contribution < 1.29 is 14.7 Å². The lowest BCUT2D eigenvalue weighted by Crippen LogP contribution is -2.61. The van der Waals surface area contributed by atoms with Crippen LogP contribution in [0.3, 0.4) is 0 Å². The van der Waals surface area contributed by atoms with Gasteiger partial charge in [-0.15, -0.1) is 0 Å². The number of nitrogens with one attached hydrogen (secondary N) is 3. The van der Waals surface area contributed by atoms with E-state index in [9.17, 15) is 14.7 Å². The smallest absolute Gasteiger partial charge is 0.324 e. The molecule has 4 N–H and O–H groups in total. The fourth-order valence-electron chi connectivity index (χ4n) is 1.98. The monoisotopic (exact) mass is 362 g/mol. The number of amidine groups is 1. The molecule has 0 aliphatic carbocycles. The van der Waals surface area contributed by atoms with Crippen LogP contribution in [0, 0.1) is 5.41 Å². The molecule has 0 aromatic heterocycles. The van der Waals surface area contributed by atoms with Gasteiger partial charge in [0.05, 0.1) is 15.7 Å². The Morgan fingerprint density at radius 3 is 2.64 bits per heavy atom. The lowest BCUT2D eigenvalue weighted by molar-refractivity contribution is -0.155. The van der Waals surface area contributed by atoms with Gasteiger partial charge < -0.3 is 15.7 Å². The van der Waals surface area contributed by atoms with E-state index in [2.05, 4.69) is 10.6 Å². The van der Waals surface area contributed by atoms with E-state index in [0.29, 0.717) is 0 Å². The molecular weight excluding hydrogens is 351 g/mol. The number of amides is 3. The molecule has 1 atom stereocenters. The van der Waals surface area contributed by atoms with Gasteiger partial charge in [0.15, 0.2) is 5.17 Å². The Labute approximate surface area is 140 Å². The van der Waals surface area contributed by atoms with E-state index >= 15 is 0 Å². The summed E-state index contributed by atoms with van der Waals surface area (Å²) in [4.78, 5) is 25.2. The second-order valence-electron chi connectivity index (χ2n) is 4.46. The van der Waals surface area contributed by atoms with Crippen LogP contribution in [0.5, 0.6) is 0 Å². The molecule has 1 heterocycles. The molecule has 0 saturated heterocycles. The minimum absolute atomic E-state index is 0.0652. The minimum atomic E-state index is -2.31. The molecule has 2 rings (SSSR count). The fourth-order valence-corrected chi connectivity index (χ4v) is 2.50. The molecule has 10 heteroatoms. The number of benzene rings is 1. The number of carbonyl (C=O) groups is 2. The summed E-state index contributed by atoms with van der Waals surface area (Å²) in [6.45, 7) is 0. The molecule has 1 aliphatic rings. The van der Waals surface area contributed by atoms with Gasteiger partial charge in [0, 0.05) is 12.6 Å². The van der Waals surface area contributed by atoms with E-state index in [1.165, 1.54) is 19.2 Å². The highest BCUT2D eigenvalue weighted by Gasteiger charge is 2.50. The predicted octanol–water partition coefficient (Wildman–Crippen LogP) is 2.03. The highest BCUT2D eigenvalue weighted by molar-refractivity contribution is 8.13. The molecule has 0 saturated carbocycles. The molecule has 1 aromatic carbocycles. The Balaban J connectivity index is 2.58. The maximum absolute atomic E-state index is 12.4. The van der Waals surface area contributed by atoms with Gasteiger partial charge in [-0.25, -0.2) is 4.79 Å². The van der Waals surface area contributed by atoms with Crippen molar-refractivity contribution in [3.05, 3.63) is 27.7 Å². The van der Waals surface area contributed by atoms with E-state index in [1.54, 1.807) is 6.26 Å². The van der Waals surface area contributed by atoms with Gasteiger partial charge in [-0.2, -0.15) is 0 Å². The first-order chi connectivity index (χ1) is 10.2. The van der Waals surface area contributed by atoms with Gasteiger partial charge in [-0.05, 0) is 18.4 Å². The van der Waals surface area contributed by atoms with Crippen molar-refractivity contribution in [3.8, 4) is 0 Å². The third-order valence-corrected chi connectivity index (χ3v) is 4.45. The van der Waals surface area contributed by atoms with E-state index in [-0.39, 0.29) is 26.5 Å². The standard InChI is InChI=1S/C12H12Cl2N4O3S/c1-18-11(20)16-8-4-7(14)6(13)3-5(8)12(18,21)9(19)17-10(15)22-2/h3-4,21H,1-2H3,(H,16,20)(H2,15,17,19). The first kappa shape index (κ1) is 16.9. The van der Waals surface area contributed by atoms with Crippen molar-refractivity contribution in [1.29, 1.82) is 5.41 Å². The van der Waals surface area contributed by atoms with Gasteiger partial charge in [0.1, 0.15) is 0 Å². The number of urea groups is 1. The molecule has 0 fully saturated rings. The molecule has 1 aliphatic heterocycles. The summed E-state index contributed by atoms with van der Waals surface area (Å²) in [6.07, 6.45) is 1.59. The number of fused-ring (bicyclic) bond motifs is 1. The molecular formula is C12H12Cl2N4O3S. The molecule has 7 nitrogen and oxygen atoms in total. The van der Waals surface area contributed by atoms with Gasteiger partial charge in [0.25, 0.3) is 11.6 Å². The van der Waals surface area contributed by atoms with Crippen molar-refractivity contribution in [2.24, 2.45) is 0 Å². The molecule has 1 unspecified atom stereocenters. The highest BCUT2D eigenvalue weighted by Crippen LogP contribution is 2.40. The molecule has 3 amide bonds. The van der Waals surface area contributed by atoms with Crippen molar-refractivity contribution in [2.75, 3.05) is 18.6 Å². The Bertz CT molecular complexity index is 685. The van der Waals surface area contributed by atoms with Crippen LogP contribution in [0.2, 0.25) is 10.0 Å². The van der Waals surface area contributed by atoms with Crippen molar-refractivity contribution >= 4 is 57.8 Å². The van der Waals surface area contributed by atoms with Crippen LogP contribution in [0.15, 0.2) is 12.1 Å². The predicted molar refractivity (Wildman–Crippen MR) is 86.5 cm³/mol. The molecule has 22 heavy (non-hydrogen) atoms. The summed E-state index contributed by atoms with van der Waals surface area (Å²) < 4.78 is 0. The van der Waals surface area contributed by atoms with Crippen LogP contribution < -0.4 is 10.6 Å². The number of rotatable bonds is 1. The number of halogens is 2.